The largest absolute Gasteiger partial charge is 0.494 e. The summed E-state index contributed by atoms with van der Waals surface area (Å²) in [4.78, 5) is 13.6. The van der Waals surface area contributed by atoms with E-state index in [2.05, 4.69) is 19.8 Å². The monoisotopic (exact) mass is 278 g/mol. The van der Waals surface area contributed by atoms with Crippen molar-refractivity contribution >= 4 is 5.95 Å². The van der Waals surface area contributed by atoms with Crippen LogP contribution in [0.25, 0.3) is 0 Å². The highest BCUT2D eigenvalue weighted by Crippen LogP contribution is 2.21. The maximum absolute atomic E-state index is 5.43. The van der Waals surface area contributed by atoms with E-state index in [1.54, 1.807) is 19.5 Å². The average molecular weight is 278 g/mol. The van der Waals surface area contributed by atoms with Gasteiger partial charge >= 0.3 is 0 Å². The van der Waals surface area contributed by atoms with Crippen LogP contribution in [0.3, 0.4) is 0 Å². The number of aromatic nitrogens is 2. The van der Waals surface area contributed by atoms with E-state index in [-0.39, 0.29) is 0 Å². The second-order valence-corrected chi connectivity index (χ2v) is 5.31. The Morgan fingerprint density at radius 1 is 1.20 bits per heavy atom. The average Bonchev–Trinajstić information content (AvgIpc) is 2.56. The highest BCUT2D eigenvalue weighted by molar-refractivity contribution is 5.32. The van der Waals surface area contributed by atoms with Crippen LogP contribution < -0.4 is 9.64 Å². The molecule has 0 amide bonds. The predicted molar refractivity (Wildman–Crippen MR) is 76.2 cm³/mol. The van der Waals surface area contributed by atoms with Gasteiger partial charge in [0, 0.05) is 32.2 Å². The highest BCUT2D eigenvalue weighted by atomic mass is 16.5. The topological polar surface area (TPSA) is 50.7 Å². The molecule has 6 nitrogen and oxygen atoms in total. The van der Waals surface area contributed by atoms with E-state index in [9.17, 15) is 0 Å². The predicted octanol–water partition coefficient (Wildman–Crippen LogP) is 0.786. The first kappa shape index (κ1) is 13.6. The van der Waals surface area contributed by atoms with E-state index in [1.807, 2.05) is 0 Å². The normalized spacial score (nSPS) is 24.6. The Bertz CT molecular complexity index is 420. The zero-order valence-electron chi connectivity index (χ0n) is 12.0. The van der Waals surface area contributed by atoms with Crippen molar-refractivity contribution in [3.05, 3.63) is 12.4 Å². The van der Waals surface area contributed by atoms with Crippen molar-refractivity contribution in [3.63, 3.8) is 0 Å². The maximum atomic E-state index is 5.43. The first-order valence-electron chi connectivity index (χ1n) is 7.29. The number of piperidine rings is 1. The van der Waals surface area contributed by atoms with Crippen molar-refractivity contribution in [2.24, 2.45) is 0 Å². The molecule has 20 heavy (non-hydrogen) atoms. The summed E-state index contributed by atoms with van der Waals surface area (Å²) in [6.45, 7) is 5.84. The first-order valence-corrected chi connectivity index (χ1v) is 7.29. The summed E-state index contributed by atoms with van der Waals surface area (Å²) >= 11 is 0. The van der Waals surface area contributed by atoms with Crippen LogP contribution in [-0.2, 0) is 4.74 Å². The molecule has 3 rings (SSSR count). The Hall–Kier alpha value is -1.40. The first-order chi connectivity index (χ1) is 9.86. The molecule has 0 aromatic carbocycles. The zero-order valence-corrected chi connectivity index (χ0v) is 12.0. The Morgan fingerprint density at radius 3 is 2.65 bits per heavy atom. The molecule has 0 saturated carbocycles. The fraction of sp³-hybridized carbons (Fsp3) is 0.714. The Morgan fingerprint density at radius 2 is 1.95 bits per heavy atom. The summed E-state index contributed by atoms with van der Waals surface area (Å²) in [5.41, 5.74) is 0. The number of nitrogens with zero attached hydrogens (tertiary/aromatic N) is 4. The summed E-state index contributed by atoms with van der Waals surface area (Å²) in [5.74, 6) is 1.51. The molecule has 0 N–H and O–H groups in total. The van der Waals surface area contributed by atoms with Crippen molar-refractivity contribution in [3.8, 4) is 5.75 Å². The minimum Gasteiger partial charge on any atom is -0.494 e. The zero-order chi connectivity index (χ0) is 13.8. The lowest BCUT2D eigenvalue weighted by Crippen LogP contribution is -2.51. The van der Waals surface area contributed by atoms with E-state index in [0.29, 0.717) is 11.8 Å². The van der Waals surface area contributed by atoms with Gasteiger partial charge in [-0.2, -0.15) is 0 Å². The molecule has 2 aliphatic rings. The molecule has 1 atom stereocenters. The third-order valence-corrected chi connectivity index (χ3v) is 4.09. The van der Waals surface area contributed by atoms with Gasteiger partial charge in [-0.25, -0.2) is 9.97 Å². The van der Waals surface area contributed by atoms with Crippen molar-refractivity contribution < 1.29 is 9.47 Å². The van der Waals surface area contributed by atoms with E-state index < -0.39 is 0 Å². The van der Waals surface area contributed by atoms with Crippen LogP contribution in [0.2, 0.25) is 0 Å². The summed E-state index contributed by atoms with van der Waals surface area (Å²) in [7, 11) is 1.63. The molecule has 2 aliphatic heterocycles. The molecule has 110 valence electrons. The number of anilines is 1. The third-order valence-electron chi connectivity index (χ3n) is 4.09. The Labute approximate surface area is 119 Å². The molecular weight excluding hydrogens is 256 g/mol. The molecule has 2 fully saturated rings. The molecule has 1 aromatic rings. The van der Waals surface area contributed by atoms with Crippen LogP contribution in [0, 0.1) is 0 Å². The number of hydrogen-bond donors (Lipinski definition) is 0. The third kappa shape index (κ3) is 3.02. The summed E-state index contributed by atoms with van der Waals surface area (Å²) in [6, 6.07) is 0.596. The standard InChI is InChI=1S/C14H22N4O2/c1-19-13-9-15-14(16-10-13)18-4-2-3-12(11-18)17-5-7-20-8-6-17/h9-10,12H,2-8,11H2,1H3. The van der Waals surface area contributed by atoms with Gasteiger partial charge in [0.1, 0.15) is 0 Å². The van der Waals surface area contributed by atoms with Gasteiger partial charge in [0.2, 0.25) is 5.95 Å². The summed E-state index contributed by atoms with van der Waals surface area (Å²) < 4.78 is 10.5. The van der Waals surface area contributed by atoms with Crippen molar-refractivity contribution in [1.82, 2.24) is 14.9 Å². The van der Waals surface area contributed by atoms with Gasteiger partial charge in [-0.1, -0.05) is 0 Å². The van der Waals surface area contributed by atoms with Crippen molar-refractivity contribution in [1.29, 1.82) is 0 Å². The minimum absolute atomic E-state index is 0.596. The number of methoxy groups -OCH3 is 1. The van der Waals surface area contributed by atoms with Gasteiger partial charge in [-0.15, -0.1) is 0 Å². The fourth-order valence-corrected chi connectivity index (χ4v) is 2.96. The van der Waals surface area contributed by atoms with Gasteiger partial charge in [0.15, 0.2) is 5.75 Å². The number of hydrogen-bond acceptors (Lipinski definition) is 6. The quantitative estimate of drug-likeness (QED) is 0.814. The fourth-order valence-electron chi connectivity index (χ4n) is 2.96. The molecule has 6 heteroatoms. The lowest BCUT2D eigenvalue weighted by atomic mass is 10.0. The van der Waals surface area contributed by atoms with E-state index >= 15 is 0 Å². The molecule has 1 unspecified atom stereocenters. The molecule has 1 aromatic heterocycles. The number of morpholine rings is 1. The second-order valence-electron chi connectivity index (χ2n) is 5.31. The SMILES string of the molecule is COc1cnc(N2CCCC(N3CCOCC3)C2)nc1. The lowest BCUT2D eigenvalue weighted by Gasteiger charge is -2.40. The number of ether oxygens (including phenoxy) is 2. The van der Waals surface area contributed by atoms with E-state index in [4.69, 9.17) is 9.47 Å². The highest BCUT2D eigenvalue weighted by Gasteiger charge is 2.27. The summed E-state index contributed by atoms with van der Waals surface area (Å²) in [6.07, 6.45) is 5.92. The van der Waals surface area contributed by atoms with Crippen LogP contribution in [0.5, 0.6) is 5.75 Å². The van der Waals surface area contributed by atoms with Gasteiger partial charge in [0.25, 0.3) is 0 Å². The molecular formula is C14H22N4O2. The second kappa shape index (κ2) is 6.37. The molecule has 0 aliphatic carbocycles. The molecule has 2 saturated heterocycles. The van der Waals surface area contributed by atoms with Gasteiger partial charge in [0.05, 0.1) is 32.7 Å². The van der Waals surface area contributed by atoms with Gasteiger partial charge < -0.3 is 14.4 Å². The lowest BCUT2D eigenvalue weighted by molar-refractivity contribution is 0.0136. The number of rotatable bonds is 3. The van der Waals surface area contributed by atoms with Crippen molar-refractivity contribution in [2.45, 2.75) is 18.9 Å². The molecule has 3 heterocycles. The van der Waals surface area contributed by atoms with Crippen LogP contribution in [0.4, 0.5) is 5.95 Å². The van der Waals surface area contributed by atoms with Gasteiger partial charge in [-0.3, -0.25) is 4.90 Å². The van der Waals surface area contributed by atoms with Crippen LogP contribution in [0.15, 0.2) is 12.4 Å². The Balaban J connectivity index is 1.64. The van der Waals surface area contributed by atoms with Crippen molar-refractivity contribution in [2.75, 3.05) is 51.4 Å². The van der Waals surface area contributed by atoms with Crippen LogP contribution >= 0.6 is 0 Å². The molecule has 0 radical (unpaired) electrons. The Kier molecular flexibility index (Phi) is 4.32. The molecule has 0 bridgehead atoms. The molecule has 0 spiro atoms. The smallest absolute Gasteiger partial charge is 0.225 e. The minimum atomic E-state index is 0.596. The van der Waals surface area contributed by atoms with Crippen LogP contribution in [0.1, 0.15) is 12.8 Å². The maximum Gasteiger partial charge on any atom is 0.225 e. The van der Waals surface area contributed by atoms with Gasteiger partial charge in [-0.05, 0) is 12.8 Å². The summed E-state index contributed by atoms with van der Waals surface area (Å²) in [5, 5.41) is 0. The van der Waals surface area contributed by atoms with E-state index in [0.717, 1.165) is 45.3 Å². The van der Waals surface area contributed by atoms with Crippen LogP contribution in [-0.4, -0.2) is 67.4 Å². The van der Waals surface area contributed by atoms with E-state index in [1.165, 1.54) is 12.8 Å².